The van der Waals surface area contributed by atoms with Gasteiger partial charge < -0.3 is 39.3 Å². The molecule has 0 bridgehead atoms. The molecule has 0 saturated carbocycles. The number of rotatable bonds is 2. The number of carbonyl (C=O) groups excluding carboxylic acids is 1. The van der Waals surface area contributed by atoms with Crippen LogP contribution in [0.1, 0.15) is 6.92 Å². The first kappa shape index (κ1) is 27.6. The minimum Gasteiger partial charge on any atom is -1.00 e. The molecule has 18 heavy (non-hydrogen) atoms. The summed E-state index contributed by atoms with van der Waals surface area (Å²) in [5.74, 6) is -0.261. The Morgan fingerprint density at radius 1 is 1.17 bits per heavy atom. The van der Waals surface area contributed by atoms with Crippen LogP contribution in [0.5, 0.6) is 0 Å². The van der Waals surface area contributed by atoms with Gasteiger partial charge in [-0.3, -0.25) is 4.79 Å². The summed E-state index contributed by atoms with van der Waals surface area (Å²) in [6.07, 6.45) is 0. The molecule has 1 aromatic rings. The fourth-order valence-electron chi connectivity index (χ4n) is 0.908. The van der Waals surface area contributed by atoms with Crippen LogP contribution < -0.4 is 88.4 Å². The molecule has 0 atom stereocenters. The molecule has 92 valence electrons. The van der Waals surface area contributed by atoms with Crippen molar-refractivity contribution in [1.29, 1.82) is 0 Å². The first-order valence-corrected chi connectivity index (χ1v) is 5.14. The Hall–Kier alpha value is 1.29. The second-order valence-corrected chi connectivity index (χ2v) is 4.04. The van der Waals surface area contributed by atoms with Crippen molar-refractivity contribution in [2.45, 2.75) is 11.8 Å². The molecular formula is C8H10INNa2O5S. The zero-order valence-electron chi connectivity index (χ0n) is 10.2. The smallest absolute Gasteiger partial charge is 1.00 e. The Morgan fingerprint density at radius 2 is 1.56 bits per heavy atom. The summed E-state index contributed by atoms with van der Waals surface area (Å²) in [4.78, 5) is 10.3. The molecule has 0 aliphatic heterocycles. The van der Waals surface area contributed by atoms with Crippen molar-refractivity contribution in [3.63, 3.8) is 0 Å². The quantitative estimate of drug-likeness (QED) is 0.299. The number of amides is 1. The summed E-state index contributed by atoms with van der Waals surface area (Å²) in [6.45, 7) is 1.33. The van der Waals surface area contributed by atoms with Crippen LogP contribution in [-0.4, -0.2) is 24.4 Å². The first-order chi connectivity index (χ1) is 6.39. The van der Waals surface area contributed by atoms with Gasteiger partial charge in [0.05, 0.1) is 4.90 Å². The van der Waals surface area contributed by atoms with Gasteiger partial charge in [0, 0.05) is 12.6 Å². The molecule has 6 nitrogen and oxygen atoms in total. The number of carbonyl (C=O) groups is 1. The number of hydrogen-bond acceptors (Lipinski definition) is 4. The molecule has 0 unspecified atom stereocenters. The van der Waals surface area contributed by atoms with Gasteiger partial charge in [0.2, 0.25) is 5.91 Å². The van der Waals surface area contributed by atoms with E-state index in [-0.39, 0.29) is 99.4 Å². The molecule has 1 aromatic carbocycles. The molecule has 0 saturated heterocycles. The fourth-order valence-corrected chi connectivity index (χ4v) is 1.38. The standard InChI is InChI=1S/C8H9NO4S.HI.2Na.H2O/c1-6(10)9-7-2-4-8(5-3-7)14(11,12)13;;;;/h2-5H,1H3,(H,9,10)(H,11,12,13);1H;;;1H2/q;;2*+1;/p-2. The number of anilines is 1. The van der Waals surface area contributed by atoms with Crippen molar-refractivity contribution in [3.05, 3.63) is 24.3 Å². The first-order valence-electron chi connectivity index (χ1n) is 3.73. The predicted octanol–water partition coefficient (Wildman–Crippen LogP) is -9.26. The van der Waals surface area contributed by atoms with E-state index < -0.39 is 10.1 Å². The van der Waals surface area contributed by atoms with Gasteiger partial charge in [-0.05, 0) is 24.3 Å². The molecule has 0 aliphatic carbocycles. The predicted molar refractivity (Wildman–Crippen MR) is 52.3 cm³/mol. The van der Waals surface area contributed by atoms with Gasteiger partial charge in [-0.2, -0.15) is 0 Å². The van der Waals surface area contributed by atoms with E-state index in [0.29, 0.717) is 5.69 Å². The van der Waals surface area contributed by atoms with Crippen molar-refractivity contribution < 1.29 is 106 Å². The van der Waals surface area contributed by atoms with Crippen LogP contribution in [0, 0.1) is 0 Å². The van der Waals surface area contributed by atoms with Crippen LogP contribution >= 0.6 is 0 Å². The summed E-state index contributed by atoms with van der Waals surface area (Å²) in [7, 11) is -4.41. The number of hydrogen-bond donors (Lipinski definition) is 1. The van der Waals surface area contributed by atoms with Gasteiger partial charge in [0.25, 0.3) is 0 Å². The van der Waals surface area contributed by atoms with E-state index >= 15 is 0 Å². The average molecular weight is 405 g/mol. The number of benzene rings is 1. The summed E-state index contributed by atoms with van der Waals surface area (Å²) >= 11 is 0. The third kappa shape index (κ3) is 10.1. The summed E-state index contributed by atoms with van der Waals surface area (Å²) in [5, 5.41) is 2.45. The van der Waals surface area contributed by atoms with Crippen molar-refractivity contribution in [2.24, 2.45) is 0 Å². The molecule has 0 aliphatic rings. The molecule has 10 heteroatoms. The van der Waals surface area contributed by atoms with Gasteiger partial charge in [0.1, 0.15) is 10.1 Å². The second kappa shape index (κ2) is 12.1. The van der Waals surface area contributed by atoms with Gasteiger partial charge in [-0.1, -0.05) is 0 Å². The van der Waals surface area contributed by atoms with Crippen LogP contribution in [0.2, 0.25) is 0 Å². The van der Waals surface area contributed by atoms with E-state index in [0.717, 1.165) is 12.1 Å². The molecular weight excluding hydrogens is 395 g/mol. The Morgan fingerprint density at radius 3 is 1.83 bits per heavy atom. The second-order valence-electron chi connectivity index (χ2n) is 2.66. The third-order valence-corrected chi connectivity index (χ3v) is 2.31. The van der Waals surface area contributed by atoms with E-state index in [1.54, 1.807) is 0 Å². The third-order valence-electron chi connectivity index (χ3n) is 1.46. The maximum Gasteiger partial charge on any atom is 1.00 e. The molecule has 1 amide bonds. The minimum absolute atomic E-state index is 0. The Labute approximate surface area is 167 Å². The van der Waals surface area contributed by atoms with Crippen LogP contribution in [0.3, 0.4) is 0 Å². The average Bonchev–Trinajstić information content (AvgIpc) is 2.02. The molecule has 1 rings (SSSR count). The van der Waals surface area contributed by atoms with E-state index in [4.69, 9.17) is 0 Å². The minimum atomic E-state index is -4.41. The monoisotopic (exact) mass is 405 g/mol. The van der Waals surface area contributed by atoms with E-state index in [1.807, 2.05) is 0 Å². The fraction of sp³-hybridized carbons (Fsp3) is 0.125. The summed E-state index contributed by atoms with van der Waals surface area (Å²) < 4.78 is 31.6. The van der Waals surface area contributed by atoms with E-state index in [2.05, 4.69) is 5.32 Å². The maximum atomic E-state index is 10.6. The van der Waals surface area contributed by atoms with Gasteiger partial charge >= 0.3 is 59.1 Å². The van der Waals surface area contributed by atoms with Crippen molar-refractivity contribution in [1.82, 2.24) is 0 Å². The van der Waals surface area contributed by atoms with Crippen molar-refractivity contribution >= 4 is 21.7 Å². The molecule has 0 heterocycles. The number of halogens is 1. The summed E-state index contributed by atoms with van der Waals surface area (Å²) in [5.41, 5.74) is 0.449. The van der Waals surface area contributed by atoms with Crippen LogP contribution in [0.25, 0.3) is 0 Å². The summed E-state index contributed by atoms with van der Waals surface area (Å²) in [6, 6.07) is 5.00. The SMILES string of the molecule is CC(=O)Nc1ccc(S(=O)(=O)[O-])cc1.O.[I-].[Na+].[Na+]. The van der Waals surface area contributed by atoms with Gasteiger partial charge in [0.15, 0.2) is 0 Å². The molecule has 0 spiro atoms. The van der Waals surface area contributed by atoms with Crippen molar-refractivity contribution in [3.8, 4) is 0 Å². The Kier molecular flexibility index (Phi) is 18.5. The van der Waals surface area contributed by atoms with Crippen LogP contribution in [-0.2, 0) is 14.9 Å². The van der Waals surface area contributed by atoms with E-state index in [1.165, 1.54) is 19.1 Å². The molecule has 3 N–H and O–H groups in total. The number of nitrogens with one attached hydrogen (secondary N) is 1. The zero-order valence-corrected chi connectivity index (χ0v) is 17.2. The molecule has 0 radical (unpaired) electrons. The van der Waals surface area contributed by atoms with Gasteiger partial charge in [-0.15, -0.1) is 0 Å². The molecule has 0 fully saturated rings. The van der Waals surface area contributed by atoms with Gasteiger partial charge in [-0.25, -0.2) is 8.42 Å². The van der Waals surface area contributed by atoms with Crippen LogP contribution in [0.15, 0.2) is 29.2 Å². The largest absolute Gasteiger partial charge is 1.00 e. The Bertz CT molecular complexity index is 451. The normalized spacial score (nSPS) is 8.56. The van der Waals surface area contributed by atoms with Crippen LogP contribution in [0.4, 0.5) is 5.69 Å². The van der Waals surface area contributed by atoms with E-state index in [9.17, 15) is 17.8 Å². The molecule has 0 aromatic heterocycles. The van der Waals surface area contributed by atoms with Crippen molar-refractivity contribution in [2.75, 3.05) is 5.32 Å². The maximum absolute atomic E-state index is 10.6. The Balaban J connectivity index is -0.000000245. The zero-order chi connectivity index (χ0) is 10.8. The topological polar surface area (TPSA) is 118 Å².